The minimum Gasteiger partial charge on any atom is -0.507 e. The maximum Gasteiger partial charge on any atom is 0.350 e. The van der Waals surface area contributed by atoms with Crippen LogP contribution in [0.5, 0.6) is 11.5 Å². The Morgan fingerprint density at radius 2 is 1.95 bits per heavy atom. The summed E-state index contributed by atoms with van der Waals surface area (Å²) >= 11 is 0. The summed E-state index contributed by atoms with van der Waals surface area (Å²) < 4.78 is 11.5. The molecule has 1 atom stereocenters. The number of hydrogen-bond donors (Lipinski definition) is 1. The molecule has 1 aromatic carbocycles. The number of benzene rings is 1. The summed E-state index contributed by atoms with van der Waals surface area (Å²) in [5.41, 5.74) is 2.65. The normalized spacial score (nSPS) is 23.6. The zero-order valence-corrected chi connectivity index (χ0v) is 13.8. The quantitative estimate of drug-likeness (QED) is 0.870. The molecule has 4 nitrogen and oxygen atoms in total. The highest BCUT2D eigenvalue weighted by Crippen LogP contribution is 2.43. The zero-order chi connectivity index (χ0) is 16.1. The van der Waals surface area contributed by atoms with Crippen LogP contribution < -0.4 is 4.74 Å². The number of phenols is 1. The van der Waals surface area contributed by atoms with Gasteiger partial charge in [0.1, 0.15) is 11.5 Å². The molecule has 0 radical (unpaired) electrons. The number of phenolic OH excluding ortho intramolecular Hbond substituents is 1. The Bertz CT molecular complexity index is 631. The fourth-order valence-corrected chi connectivity index (χ4v) is 3.02. The SMILES string of the molecule is Cc1c(C)c2c(c(C)c1O)CCC(C)(C(=O)OCC1CC1)O2. The molecule has 3 rings (SSSR count). The molecule has 4 heteroatoms. The van der Waals surface area contributed by atoms with Crippen molar-refractivity contribution in [2.24, 2.45) is 5.92 Å². The molecule has 0 bridgehead atoms. The largest absolute Gasteiger partial charge is 0.507 e. The molecular formula is C18H24O4. The van der Waals surface area contributed by atoms with Crippen molar-refractivity contribution in [3.05, 3.63) is 22.3 Å². The molecule has 0 aromatic heterocycles. The first-order valence-electron chi connectivity index (χ1n) is 8.01. The molecule has 22 heavy (non-hydrogen) atoms. The monoisotopic (exact) mass is 304 g/mol. The third-order valence-corrected chi connectivity index (χ3v) is 5.10. The third kappa shape index (κ3) is 2.44. The van der Waals surface area contributed by atoms with Crippen LogP contribution in [0.25, 0.3) is 0 Å². The summed E-state index contributed by atoms with van der Waals surface area (Å²) in [6.07, 6.45) is 3.60. The molecule has 1 unspecified atom stereocenters. The first-order valence-corrected chi connectivity index (χ1v) is 8.01. The number of esters is 1. The second kappa shape index (κ2) is 5.18. The molecule has 0 spiro atoms. The van der Waals surface area contributed by atoms with Gasteiger partial charge >= 0.3 is 5.97 Å². The first kappa shape index (κ1) is 15.2. The van der Waals surface area contributed by atoms with Crippen LogP contribution in [0.4, 0.5) is 0 Å². The highest BCUT2D eigenvalue weighted by Gasteiger charge is 2.42. The van der Waals surface area contributed by atoms with Gasteiger partial charge in [-0.2, -0.15) is 0 Å². The highest BCUT2D eigenvalue weighted by atomic mass is 16.6. The van der Waals surface area contributed by atoms with Crippen molar-refractivity contribution >= 4 is 5.97 Å². The molecule has 1 saturated carbocycles. The second-order valence-corrected chi connectivity index (χ2v) is 6.91. The van der Waals surface area contributed by atoms with Crippen molar-refractivity contribution in [1.82, 2.24) is 0 Å². The minimum atomic E-state index is -0.928. The Morgan fingerprint density at radius 3 is 2.59 bits per heavy atom. The number of hydrogen-bond acceptors (Lipinski definition) is 4. The lowest BCUT2D eigenvalue weighted by atomic mass is 9.87. The van der Waals surface area contributed by atoms with E-state index in [-0.39, 0.29) is 5.97 Å². The van der Waals surface area contributed by atoms with Crippen LogP contribution in [-0.2, 0) is 16.0 Å². The van der Waals surface area contributed by atoms with Gasteiger partial charge in [-0.1, -0.05) is 0 Å². The van der Waals surface area contributed by atoms with Gasteiger partial charge in [0.25, 0.3) is 0 Å². The highest BCUT2D eigenvalue weighted by molar-refractivity contribution is 5.80. The van der Waals surface area contributed by atoms with Crippen LogP contribution in [-0.4, -0.2) is 23.3 Å². The van der Waals surface area contributed by atoms with Gasteiger partial charge < -0.3 is 14.6 Å². The van der Waals surface area contributed by atoms with Crippen molar-refractivity contribution in [1.29, 1.82) is 0 Å². The van der Waals surface area contributed by atoms with Crippen LogP contribution in [0.15, 0.2) is 0 Å². The Balaban J connectivity index is 1.87. The van der Waals surface area contributed by atoms with E-state index in [1.54, 1.807) is 0 Å². The molecule has 1 aromatic rings. The molecule has 1 aliphatic heterocycles. The molecular weight excluding hydrogens is 280 g/mol. The fourth-order valence-electron chi connectivity index (χ4n) is 3.02. The number of carbonyl (C=O) groups is 1. The van der Waals surface area contributed by atoms with E-state index in [1.807, 2.05) is 27.7 Å². The van der Waals surface area contributed by atoms with E-state index in [1.165, 1.54) is 0 Å². The van der Waals surface area contributed by atoms with E-state index in [4.69, 9.17) is 9.47 Å². The molecule has 0 amide bonds. The van der Waals surface area contributed by atoms with Crippen molar-refractivity contribution in [3.63, 3.8) is 0 Å². The molecule has 2 aliphatic rings. The molecule has 1 N–H and O–H groups in total. The van der Waals surface area contributed by atoms with Crippen LogP contribution in [0, 0.1) is 26.7 Å². The third-order valence-electron chi connectivity index (χ3n) is 5.10. The Labute approximate surface area is 131 Å². The van der Waals surface area contributed by atoms with E-state index in [0.717, 1.165) is 40.8 Å². The number of aromatic hydroxyl groups is 1. The number of fused-ring (bicyclic) bond motifs is 1. The summed E-state index contributed by atoms with van der Waals surface area (Å²) in [7, 11) is 0. The lowest BCUT2D eigenvalue weighted by Gasteiger charge is -2.35. The Kier molecular flexibility index (Phi) is 3.58. The summed E-state index contributed by atoms with van der Waals surface area (Å²) in [5.74, 6) is 1.35. The predicted molar refractivity (Wildman–Crippen MR) is 83.4 cm³/mol. The number of ether oxygens (including phenoxy) is 2. The number of carbonyl (C=O) groups excluding carboxylic acids is 1. The molecule has 1 fully saturated rings. The average molecular weight is 304 g/mol. The first-order chi connectivity index (χ1) is 10.3. The maximum absolute atomic E-state index is 12.4. The van der Waals surface area contributed by atoms with E-state index in [2.05, 4.69) is 0 Å². The van der Waals surface area contributed by atoms with Crippen molar-refractivity contribution in [2.45, 2.75) is 59.0 Å². The van der Waals surface area contributed by atoms with Gasteiger partial charge in [-0.05, 0) is 69.6 Å². The van der Waals surface area contributed by atoms with Crippen LogP contribution in [0.2, 0.25) is 0 Å². The molecule has 1 heterocycles. The summed E-state index contributed by atoms with van der Waals surface area (Å²) in [6.45, 7) is 8.02. The van der Waals surface area contributed by atoms with Gasteiger partial charge in [0.15, 0.2) is 0 Å². The molecule has 1 aliphatic carbocycles. The second-order valence-electron chi connectivity index (χ2n) is 6.91. The van der Waals surface area contributed by atoms with Gasteiger partial charge in [-0.15, -0.1) is 0 Å². The Morgan fingerprint density at radius 1 is 1.27 bits per heavy atom. The smallest absolute Gasteiger partial charge is 0.350 e. The topological polar surface area (TPSA) is 55.8 Å². The Hall–Kier alpha value is -1.71. The predicted octanol–water partition coefficient (Wildman–Crippen LogP) is 3.35. The van der Waals surface area contributed by atoms with Gasteiger partial charge in [0, 0.05) is 12.0 Å². The lowest BCUT2D eigenvalue weighted by Crippen LogP contribution is -2.46. The van der Waals surface area contributed by atoms with Crippen molar-refractivity contribution < 1.29 is 19.4 Å². The van der Waals surface area contributed by atoms with E-state index in [9.17, 15) is 9.90 Å². The standard InChI is InChI=1S/C18H24O4/c1-10-11(2)16-14(12(3)15(10)19)7-8-18(4,22-16)17(20)21-9-13-5-6-13/h13,19H,5-9H2,1-4H3. The average Bonchev–Trinajstić information content (AvgIpc) is 3.32. The van der Waals surface area contributed by atoms with Crippen molar-refractivity contribution in [2.75, 3.05) is 6.61 Å². The fraction of sp³-hybridized carbons (Fsp3) is 0.611. The summed E-state index contributed by atoms with van der Waals surface area (Å²) in [4.78, 5) is 12.4. The molecule has 120 valence electrons. The van der Waals surface area contributed by atoms with Crippen molar-refractivity contribution in [3.8, 4) is 11.5 Å². The van der Waals surface area contributed by atoms with E-state index < -0.39 is 5.60 Å². The number of rotatable bonds is 3. The van der Waals surface area contributed by atoms with Gasteiger partial charge in [0.2, 0.25) is 5.60 Å². The van der Waals surface area contributed by atoms with Crippen LogP contribution in [0.3, 0.4) is 0 Å². The lowest BCUT2D eigenvalue weighted by molar-refractivity contribution is -0.162. The maximum atomic E-state index is 12.4. The van der Waals surface area contributed by atoms with Crippen LogP contribution in [0.1, 0.15) is 48.4 Å². The van der Waals surface area contributed by atoms with Gasteiger partial charge in [-0.3, -0.25) is 0 Å². The molecule has 0 saturated heterocycles. The summed E-state index contributed by atoms with van der Waals surface area (Å²) in [5, 5.41) is 10.2. The van der Waals surface area contributed by atoms with Crippen LogP contribution >= 0.6 is 0 Å². The van der Waals surface area contributed by atoms with E-state index in [0.29, 0.717) is 31.1 Å². The minimum absolute atomic E-state index is 0.271. The van der Waals surface area contributed by atoms with Gasteiger partial charge in [-0.25, -0.2) is 4.79 Å². The van der Waals surface area contributed by atoms with E-state index >= 15 is 0 Å². The summed E-state index contributed by atoms with van der Waals surface area (Å²) in [6, 6.07) is 0. The zero-order valence-electron chi connectivity index (χ0n) is 13.8. The van der Waals surface area contributed by atoms with Gasteiger partial charge in [0.05, 0.1) is 6.61 Å².